The van der Waals surface area contributed by atoms with E-state index in [2.05, 4.69) is 43.0 Å². The summed E-state index contributed by atoms with van der Waals surface area (Å²) in [6.07, 6.45) is 1.81. The van der Waals surface area contributed by atoms with E-state index in [-0.39, 0.29) is 18.2 Å². The second kappa shape index (κ2) is 6.70. The van der Waals surface area contributed by atoms with Crippen molar-refractivity contribution >= 4 is 0 Å². The molecule has 0 bridgehead atoms. The van der Waals surface area contributed by atoms with Crippen molar-refractivity contribution in [3.05, 3.63) is 35.4 Å². The monoisotopic (exact) mass is 276 g/mol. The second-order valence-corrected chi connectivity index (χ2v) is 6.21. The predicted octanol–water partition coefficient (Wildman–Crippen LogP) is 2.48. The SMILES string of the molecule is CCC(N)C(c1ccc(C)cc1)N1CCC(C(C)O)C1. The van der Waals surface area contributed by atoms with Gasteiger partial charge in [-0.25, -0.2) is 0 Å². The van der Waals surface area contributed by atoms with Crippen LogP contribution in [-0.2, 0) is 0 Å². The van der Waals surface area contributed by atoms with Gasteiger partial charge in [0.25, 0.3) is 0 Å². The highest BCUT2D eigenvalue weighted by Crippen LogP contribution is 2.31. The highest BCUT2D eigenvalue weighted by Gasteiger charge is 2.33. The van der Waals surface area contributed by atoms with E-state index in [0.29, 0.717) is 5.92 Å². The Balaban J connectivity index is 2.18. The van der Waals surface area contributed by atoms with Crippen molar-refractivity contribution in [2.45, 2.75) is 51.8 Å². The van der Waals surface area contributed by atoms with E-state index in [1.54, 1.807) is 0 Å². The molecule has 0 aliphatic carbocycles. The van der Waals surface area contributed by atoms with Gasteiger partial charge in [0, 0.05) is 18.6 Å². The second-order valence-electron chi connectivity index (χ2n) is 6.21. The minimum absolute atomic E-state index is 0.144. The molecule has 1 aromatic rings. The van der Waals surface area contributed by atoms with Gasteiger partial charge in [-0.15, -0.1) is 0 Å². The van der Waals surface area contributed by atoms with E-state index in [4.69, 9.17) is 5.73 Å². The van der Waals surface area contributed by atoms with Crippen molar-refractivity contribution in [3.63, 3.8) is 0 Å². The summed E-state index contributed by atoms with van der Waals surface area (Å²) in [5, 5.41) is 9.80. The molecule has 0 aromatic heterocycles. The Hall–Kier alpha value is -0.900. The molecular formula is C17H28N2O. The molecule has 4 unspecified atom stereocenters. The standard InChI is InChI=1S/C17H28N2O/c1-4-16(18)17(14-7-5-12(2)6-8-14)19-10-9-15(11-19)13(3)20/h5-8,13,15-17,20H,4,9-11,18H2,1-3H3. The molecule has 0 amide bonds. The van der Waals surface area contributed by atoms with Crippen LogP contribution in [0.4, 0.5) is 0 Å². The maximum absolute atomic E-state index is 9.80. The van der Waals surface area contributed by atoms with E-state index in [1.807, 2.05) is 6.92 Å². The lowest BCUT2D eigenvalue weighted by molar-refractivity contribution is 0.118. The van der Waals surface area contributed by atoms with Crippen LogP contribution < -0.4 is 5.73 Å². The Morgan fingerprint density at radius 1 is 1.35 bits per heavy atom. The Kier molecular flexibility index (Phi) is 5.19. The summed E-state index contributed by atoms with van der Waals surface area (Å²) in [4.78, 5) is 2.45. The minimum atomic E-state index is -0.225. The number of nitrogens with zero attached hydrogens (tertiary/aromatic N) is 1. The highest BCUT2D eigenvalue weighted by molar-refractivity contribution is 5.25. The van der Waals surface area contributed by atoms with Crippen molar-refractivity contribution in [1.29, 1.82) is 0 Å². The van der Waals surface area contributed by atoms with Crippen LogP contribution in [0, 0.1) is 12.8 Å². The summed E-state index contributed by atoms with van der Waals surface area (Å²) in [6, 6.07) is 9.13. The number of rotatable bonds is 5. The lowest BCUT2D eigenvalue weighted by atomic mass is 9.95. The van der Waals surface area contributed by atoms with E-state index in [1.165, 1.54) is 11.1 Å². The molecule has 1 fully saturated rings. The maximum atomic E-state index is 9.80. The van der Waals surface area contributed by atoms with Crippen molar-refractivity contribution in [2.75, 3.05) is 13.1 Å². The molecule has 3 heteroatoms. The third-order valence-corrected chi connectivity index (χ3v) is 4.63. The molecule has 2 rings (SSSR count). The molecule has 1 saturated heterocycles. The number of hydrogen-bond acceptors (Lipinski definition) is 3. The van der Waals surface area contributed by atoms with Gasteiger partial charge in [-0.05, 0) is 44.7 Å². The third kappa shape index (κ3) is 3.40. The number of aliphatic hydroxyl groups is 1. The van der Waals surface area contributed by atoms with Gasteiger partial charge in [0.15, 0.2) is 0 Å². The first-order valence-corrected chi connectivity index (χ1v) is 7.77. The zero-order valence-electron chi connectivity index (χ0n) is 12.9. The van der Waals surface area contributed by atoms with Gasteiger partial charge in [0.05, 0.1) is 6.10 Å². The zero-order chi connectivity index (χ0) is 14.7. The molecule has 4 atom stereocenters. The molecule has 3 N–H and O–H groups in total. The first-order valence-electron chi connectivity index (χ1n) is 7.77. The molecule has 0 spiro atoms. The van der Waals surface area contributed by atoms with Crippen LogP contribution in [-0.4, -0.2) is 35.2 Å². The Morgan fingerprint density at radius 2 is 2.00 bits per heavy atom. The van der Waals surface area contributed by atoms with E-state index >= 15 is 0 Å². The maximum Gasteiger partial charge on any atom is 0.0552 e. The van der Waals surface area contributed by atoms with Crippen LogP contribution in [0.2, 0.25) is 0 Å². The van der Waals surface area contributed by atoms with Crippen LogP contribution in [0.3, 0.4) is 0 Å². The zero-order valence-corrected chi connectivity index (χ0v) is 12.9. The van der Waals surface area contributed by atoms with Crippen LogP contribution >= 0.6 is 0 Å². The number of aliphatic hydroxyl groups excluding tert-OH is 1. The quantitative estimate of drug-likeness (QED) is 0.868. The average molecular weight is 276 g/mol. The van der Waals surface area contributed by atoms with Gasteiger partial charge in [0.1, 0.15) is 0 Å². The molecule has 3 nitrogen and oxygen atoms in total. The fourth-order valence-electron chi connectivity index (χ4n) is 3.18. The van der Waals surface area contributed by atoms with Crippen LogP contribution in [0.5, 0.6) is 0 Å². The smallest absolute Gasteiger partial charge is 0.0552 e. The van der Waals surface area contributed by atoms with Gasteiger partial charge < -0.3 is 10.8 Å². The van der Waals surface area contributed by atoms with E-state index < -0.39 is 0 Å². The predicted molar refractivity (Wildman–Crippen MR) is 83.5 cm³/mol. The fraction of sp³-hybridized carbons (Fsp3) is 0.647. The Morgan fingerprint density at radius 3 is 2.50 bits per heavy atom. The van der Waals surface area contributed by atoms with Crippen molar-refractivity contribution in [2.24, 2.45) is 11.7 Å². The summed E-state index contributed by atoms with van der Waals surface area (Å²) in [5.74, 6) is 0.381. The fourth-order valence-corrected chi connectivity index (χ4v) is 3.18. The minimum Gasteiger partial charge on any atom is -0.393 e. The van der Waals surface area contributed by atoms with Crippen LogP contribution in [0.25, 0.3) is 0 Å². The number of aryl methyl sites for hydroxylation is 1. The lowest BCUT2D eigenvalue weighted by Crippen LogP contribution is -2.40. The highest BCUT2D eigenvalue weighted by atomic mass is 16.3. The molecule has 0 radical (unpaired) electrons. The van der Waals surface area contributed by atoms with Gasteiger partial charge in [0.2, 0.25) is 0 Å². The summed E-state index contributed by atoms with van der Waals surface area (Å²) in [7, 11) is 0. The van der Waals surface area contributed by atoms with Gasteiger partial charge >= 0.3 is 0 Å². The summed E-state index contributed by atoms with van der Waals surface area (Å²) in [5.41, 5.74) is 8.97. The van der Waals surface area contributed by atoms with Crippen molar-refractivity contribution < 1.29 is 5.11 Å². The first kappa shape index (κ1) is 15.5. The molecule has 1 aromatic carbocycles. The Labute approximate surface area is 122 Å². The third-order valence-electron chi connectivity index (χ3n) is 4.63. The number of likely N-dealkylation sites (tertiary alicyclic amines) is 1. The summed E-state index contributed by atoms with van der Waals surface area (Å²) in [6.45, 7) is 8.13. The van der Waals surface area contributed by atoms with Gasteiger partial charge in [-0.3, -0.25) is 4.90 Å². The van der Waals surface area contributed by atoms with Crippen molar-refractivity contribution in [1.82, 2.24) is 4.90 Å². The lowest BCUT2D eigenvalue weighted by Gasteiger charge is -2.33. The van der Waals surface area contributed by atoms with Gasteiger partial charge in [-0.1, -0.05) is 36.8 Å². The first-order chi connectivity index (χ1) is 9.52. The Bertz CT molecular complexity index is 416. The number of hydrogen-bond donors (Lipinski definition) is 2. The van der Waals surface area contributed by atoms with Crippen molar-refractivity contribution in [3.8, 4) is 0 Å². The number of nitrogens with two attached hydrogens (primary N) is 1. The molecule has 1 heterocycles. The molecular weight excluding hydrogens is 248 g/mol. The average Bonchev–Trinajstić information content (AvgIpc) is 2.90. The largest absolute Gasteiger partial charge is 0.393 e. The van der Waals surface area contributed by atoms with E-state index in [9.17, 15) is 5.11 Å². The normalized spacial score (nSPS) is 24.6. The number of benzene rings is 1. The van der Waals surface area contributed by atoms with Crippen LogP contribution in [0.1, 0.15) is 43.9 Å². The summed E-state index contributed by atoms with van der Waals surface area (Å²) >= 11 is 0. The molecule has 1 aliphatic rings. The van der Waals surface area contributed by atoms with Gasteiger partial charge in [-0.2, -0.15) is 0 Å². The molecule has 112 valence electrons. The molecule has 0 saturated carbocycles. The van der Waals surface area contributed by atoms with E-state index in [0.717, 1.165) is 25.9 Å². The topological polar surface area (TPSA) is 49.5 Å². The summed E-state index contributed by atoms with van der Waals surface area (Å²) < 4.78 is 0. The molecule has 20 heavy (non-hydrogen) atoms. The molecule has 1 aliphatic heterocycles. The van der Waals surface area contributed by atoms with Crippen LogP contribution in [0.15, 0.2) is 24.3 Å².